The van der Waals surface area contributed by atoms with Crippen LogP contribution in [0.5, 0.6) is 0 Å². The standard InChI is InChI=1S/C25H29FN8O2S/c1-3-19-23(31(2)24-29-20(16-37-24)17-4-6-18(26)7-5-17)34-21(28-19)8-9-22(30-34)33-14-12-32(13-15-33)11-10-27-25(35)36/h4-9,16,27H,3,10-15H2,1-2H3,(H,35,36). The molecule has 1 aliphatic rings. The molecule has 0 unspecified atom stereocenters. The van der Waals surface area contributed by atoms with Gasteiger partial charge >= 0.3 is 6.09 Å². The van der Waals surface area contributed by atoms with Crippen molar-refractivity contribution in [3.8, 4) is 11.3 Å². The van der Waals surface area contributed by atoms with Crippen molar-refractivity contribution in [3.05, 3.63) is 53.3 Å². The fourth-order valence-electron chi connectivity index (χ4n) is 4.48. The Morgan fingerprint density at radius 1 is 1.14 bits per heavy atom. The minimum absolute atomic E-state index is 0.270. The molecule has 1 saturated heterocycles. The van der Waals surface area contributed by atoms with Crippen molar-refractivity contribution in [2.75, 3.05) is 56.1 Å². The molecular formula is C25H29FN8O2S. The van der Waals surface area contributed by atoms with Gasteiger partial charge in [-0.3, -0.25) is 4.90 Å². The van der Waals surface area contributed by atoms with Crippen molar-refractivity contribution in [1.29, 1.82) is 0 Å². The Labute approximate surface area is 218 Å². The number of carboxylic acid groups (broad SMARTS) is 1. The monoisotopic (exact) mass is 524 g/mol. The van der Waals surface area contributed by atoms with Crippen LogP contribution in [0, 0.1) is 5.82 Å². The van der Waals surface area contributed by atoms with Gasteiger partial charge in [0.25, 0.3) is 0 Å². The molecule has 1 aromatic carbocycles. The summed E-state index contributed by atoms with van der Waals surface area (Å²) in [6.07, 6.45) is -0.245. The highest BCUT2D eigenvalue weighted by Crippen LogP contribution is 2.33. The summed E-state index contributed by atoms with van der Waals surface area (Å²) in [6, 6.07) is 10.3. The van der Waals surface area contributed by atoms with Crippen LogP contribution in [0.1, 0.15) is 12.6 Å². The summed E-state index contributed by atoms with van der Waals surface area (Å²) >= 11 is 1.52. The average molecular weight is 525 g/mol. The maximum Gasteiger partial charge on any atom is 0.404 e. The maximum atomic E-state index is 13.3. The highest BCUT2D eigenvalue weighted by molar-refractivity contribution is 7.14. The molecule has 4 heterocycles. The number of aryl methyl sites for hydroxylation is 1. The molecule has 37 heavy (non-hydrogen) atoms. The summed E-state index contributed by atoms with van der Waals surface area (Å²) in [5.74, 6) is 1.47. The number of amides is 1. The Hall–Kier alpha value is -3.77. The third kappa shape index (κ3) is 5.35. The fraction of sp³-hybridized carbons (Fsp3) is 0.360. The van der Waals surface area contributed by atoms with Crippen LogP contribution in [-0.2, 0) is 6.42 Å². The lowest BCUT2D eigenvalue weighted by Crippen LogP contribution is -2.48. The molecule has 4 aromatic rings. The average Bonchev–Trinajstić information content (AvgIpc) is 3.54. The summed E-state index contributed by atoms with van der Waals surface area (Å²) in [6.45, 7) is 6.47. The van der Waals surface area contributed by atoms with Gasteiger partial charge in [-0.2, -0.15) is 4.52 Å². The van der Waals surface area contributed by atoms with Crippen molar-refractivity contribution in [3.63, 3.8) is 0 Å². The number of fused-ring (bicyclic) bond motifs is 1. The van der Waals surface area contributed by atoms with E-state index in [2.05, 4.69) is 22.0 Å². The number of rotatable bonds is 8. The molecule has 10 nitrogen and oxygen atoms in total. The maximum absolute atomic E-state index is 13.3. The molecule has 0 radical (unpaired) electrons. The quantitative estimate of drug-likeness (QED) is 0.360. The van der Waals surface area contributed by atoms with E-state index >= 15 is 0 Å². The smallest absolute Gasteiger partial charge is 0.404 e. The predicted molar refractivity (Wildman–Crippen MR) is 143 cm³/mol. The van der Waals surface area contributed by atoms with Crippen LogP contribution in [0.4, 0.5) is 26.0 Å². The number of nitrogens with one attached hydrogen (secondary N) is 1. The SMILES string of the molecule is CCc1nc2ccc(N3CCN(CCNC(=O)O)CC3)nn2c1N(C)c1nc(-c2ccc(F)cc2)cs1. The van der Waals surface area contributed by atoms with Crippen LogP contribution in [0.15, 0.2) is 41.8 Å². The number of piperazine rings is 1. The van der Waals surface area contributed by atoms with Crippen LogP contribution in [-0.4, -0.2) is 82.0 Å². The molecule has 194 valence electrons. The summed E-state index contributed by atoms with van der Waals surface area (Å²) in [4.78, 5) is 26.8. The molecule has 1 aliphatic heterocycles. The van der Waals surface area contributed by atoms with E-state index in [9.17, 15) is 9.18 Å². The molecule has 12 heteroatoms. The van der Waals surface area contributed by atoms with E-state index in [-0.39, 0.29) is 5.82 Å². The van der Waals surface area contributed by atoms with Crippen molar-refractivity contribution in [1.82, 2.24) is 29.8 Å². The first-order chi connectivity index (χ1) is 17.9. The Morgan fingerprint density at radius 3 is 2.59 bits per heavy atom. The van der Waals surface area contributed by atoms with Gasteiger partial charge in [0.2, 0.25) is 0 Å². The molecule has 0 aliphatic carbocycles. The first-order valence-corrected chi connectivity index (χ1v) is 13.1. The first kappa shape index (κ1) is 24.9. The van der Waals surface area contributed by atoms with Gasteiger partial charge in [0.15, 0.2) is 16.6 Å². The van der Waals surface area contributed by atoms with Gasteiger partial charge in [-0.15, -0.1) is 16.4 Å². The van der Waals surface area contributed by atoms with Gasteiger partial charge in [0.1, 0.15) is 11.6 Å². The number of benzene rings is 1. The lowest BCUT2D eigenvalue weighted by atomic mass is 10.2. The molecule has 0 saturated carbocycles. The van der Waals surface area contributed by atoms with E-state index in [1.54, 1.807) is 12.1 Å². The van der Waals surface area contributed by atoms with Gasteiger partial charge in [-0.25, -0.2) is 19.2 Å². The van der Waals surface area contributed by atoms with Crippen molar-refractivity contribution < 1.29 is 14.3 Å². The number of hydrogen-bond acceptors (Lipinski definition) is 8. The van der Waals surface area contributed by atoms with Gasteiger partial charge in [-0.1, -0.05) is 6.92 Å². The first-order valence-electron chi connectivity index (χ1n) is 12.2. The third-order valence-corrected chi connectivity index (χ3v) is 7.40. The Kier molecular flexibility index (Phi) is 7.19. The second kappa shape index (κ2) is 10.7. The van der Waals surface area contributed by atoms with Crippen LogP contribution in [0.25, 0.3) is 16.9 Å². The summed E-state index contributed by atoms with van der Waals surface area (Å²) in [5.41, 5.74) is 3.37. The van der Waals surface area contributed by atoms with E-state index in [0.717, 1.165) is 72.0 Å². The van der Waals surface area contributed by atoms with Crippen LogP contribution in [0.3, 0.4) is 0 Å². The molecular weight excluding hydrogens is 495 g/mol. The Balaban J connectivity index is 1.36. The third-order valence-electron chi connectivity index (χ3n) is 6.48. The number of carbonyl (C=O) groups is 1. The van der Waals surface area contributed by atoms with Gasteiger partial charge in [0.05, 0.1) is 11.4 Å². The molecule has 1 fully saturated rings. The lowest BCUT2D eigenvalue weighted by Gasteiger charge is -2.35. The highest BCUT2D eigenvalue weighted by Gasteiger charge is 2.23. The van der Waals surface area contributed by atoms with Gasteiger partial charge < -0.3 is 20.2 Å². The van der Waals surface area contributed by atoms with Gasteiger partial charge in [-0.05, 0) is 42.8 Å². The minimum atomic E-state index is -0.992. The van der Waals surface area contributed by atoms with Crippen LogP contribution in [0.2, 0.25) is 0 Å². The number of aromatic nitrogens is 4. The number of hydrogen-bond donors (Lipinski definition) is 2. The number of anilines is 3. The molecule has 0 atom stereocenters. The van der Waals surface area contributed by atoms with Gasteiger partial charge in [0, 0.05) is 57.3 Å². The highest BCUT2D eigenvalue weighted by atomic mass is 32.1. The Morgan fingerprint density at radius 2 is 1.89 bits per heavy atom. The molecule has 5 rings (SSSR count). The van der Waals surface area contributed by atoms with Crippen molar-refractivity contribution >= 4 is 39.8 Å². The topological polar surface area (TPSA) is 102 Å². The van der Waals surface area contributed by atoms with Crippen LogP contribution >= 0.6 is 11.3 Å². The number of thiazole rings is 1. The molecule has 0 bridgehead atoms. The van der Waals surface area contributed by atoms with E-state index in [1.165, 1.54) is 23.5 Å². The van der Waals surface area contributed by atoms with E-state index in [0.29, 0.717) is 13.1 Å². The van der Waals surface area contributed by atoms with E-state index < -0.39 is 6.09 Å². The Bertz CT molecular complexity index is 1380. The van der Waals surface area contributed by atoms with Crippen molar-refractivity contribution in [2.45, 2.75) is 13.3 Å². The molecule has 0 spiro atoms. The molecule has 3 aromatic heterocycles. The summed E-state index contributed by atoms with van der Waals surface area (Å²) in [5, 5.41) is 18.9. The zero-order chi connectivity index (χ0) is 25.9. The van der Waals surface area contributed by atoms with Crippen molar-refractivity contribution in [2.24, 2.45) is 0 Å². The van der Waals surface area contributed by atoms with Crippen LogP contribution < -0.4 is 15.1 Å². The molecule has 1 amide bonds. The fourth-order valence-corrected chi connectivity index (χ4v) is 5.28. The zero-order valence-corrected chi connectivity index (χ0v) is 21.6. The second-order valence-electron chi connectivity index (χ2n) is 8.84. The minimum Gasteiger partial charge on any atom is -0.465 e. The van der Waals surface area contributed by atoms with E-state index in [1.807, 2.05) is 34.0 Å². The molecule has 2 N–H and O–H groups in total. The number of halogens is 1. The predicted octanol–water partition coefficient (Wildman–Crippen LogP) is 3.71. The number of imidazole rings is 1. The second-order valence-corrected chi connectivity index (χ2v) is 9.68. The normalized spacial score (nSPS) is 14.3. The van der Waals surface area contributed by atoms with E-state index in [4.69, 9.17) is 20.2 Å². The summed E-state index contributed by atoms with van der Waals surface area (Å²) < 4.78 is 15.2. The zero-order valence-electron chi connectivity index (χ0n) is 20.8. The lowest BCUT2D eigenvalue weighted by molar-refractivity contribution is 0.190. The summed E-state index contributed by atoms with van der Waals surface area (Å²) in [7, 11) is 1.97. The number of nitrogens with zero attached hydrogens (tertiary/aromatic N) is 7. The largest absolute Gasteiger partial charge is 0.465 e.